The van der Waals surface area contributed by atoms with Gasteiger partial charge < -0.3 is 0 Å². The molecule has 0 aliphatic heterocycles. The van der Waals surface area contributed by atoms with Crippen LogP contribution in [0.1, 0.15) is 5.56 Å². The Morgan fingerprint density at radius 2 is 2.00 bits per heavy atom. The van der Waals surface area contributed by atoms with Crippen LogP contribution >= 0.6 is 11.6 Å². The predicted molar refractivity (Wildman–Crippen MR) is 78.9 cm³/mol. The molecule has 0 aromatic heterocycles. The number of nitrogens with one attached hydrogen (secondary N) is 1. The van der Waals surface area contributed by atoms with Crippen molar-refractivity contribution in [3.05, 3.63) is 59.1 Å². The molecule has 19 heavy (non-hydrogen) atoms. The Balaban J connectivity index is 2.17. The summed E-state index contributed by atoms with van der Waals surface area (Å²) in [5.41, 5.74) is 0.744. The standard InChI is InChI=1S/C13H12AsClNO2S/c14-11-5-3-6-12(8-11)19(17,18)16-9-10-4-1-2-7-13(10)15/h1-2,4-8,16H,9,14H2. The Kier molecular flexibility index (Phi) is 4.69. The second kappa shape index (κ2) is 6.10. The van der Waals surface area contributed by atoms with Gasteiger partial charge in [0.1, 0.15) is 0 Å². The van der Waals surface area contributed by atoms with Gasteiger partial charge in [-0.1, -0.05) is 0 Å². The molecule has 1 N–H and O–H groups in total. The molecule has 99 valence electrons. The zero-order valence-electron chi connectivity index (χ0n) is 9.93. The Hall–Kier alpha value is -0.802. The molecular formula is C13H12AsClNO2S. The zero-order valence-corrected chi connectivity index (χ0v) is 13.9. The molecule has 1 radical (unpaired) electrons. The van der Waals surface area contributed by atoms with E-state index in [1.165, 1.54) is 22.9 Å². The third kappa shape index (κ3) is 3.83. The molecule has 0 saturated heterocycles. The van der Waals surface area contributed by atoms with Crippen LogP contribution in [-0.2, 0) is 16.6 Å². The van der Waals surface area contributed by atoms with E-state index in [0.717, 1.165) is 9.91 Å². The summed E-state index contributed by atoms with van der Waals surface area (Å²) in [6.07, 6.45) is 0. The Labute approximate surface area is 126 Å². The summed E-state index contributed by atoms with van der Waals surface area (Å²) in [4.78, 5) is 0.224. The Bertz CT molecular complexity index is 689. The molecule has 1 unspecified atom stereocenters. The first-order valence-electron chi connectivity index (χ1n) is 5.49. The molecule has 0 fully saturated rings. The quantitative estimate of drug-likeness (QED) is 0.827. The van der Waals surface area contributed by atoms with Crippen LogP contribution in [-0.4, -0.2) is 25.3 Å². The average molecular weight is 357 g/mol. The molecule has 0 aliphatic rings. The van der Waals surface area contributed by atoms with Crippen LogP contribution in [0.15, 0.2) is 47.4 Å². The second-order valence-electron chi connectivity index (χ2n) is 3.92. The fraction of sp³-hybridized carbons (Fsp3) is 0.0769. The summed E-state index contributed by atoms with van der Waals surface area (Å²) in [5.74, 6) is 0. The molecule has 3 nitrogen and oxygen atoms in total. The van der Waals surface area contributed by atoms with Crippen molar-refractivity contribution < 1.29 is 8.42 Å². The van der Waals surface area contributed by atoms with Crippen molar-refractivity contribution in [3.8, 4) is 0 Å². The fourth-order valence-corrected chi connectivity index (χ4v) is 3.58. The number of sulfonamides is 1. The molecule has 6 heteroatoms. The Morgan fingerprint density at radius 3 is 2.68 bits per heavy atom. The number of hydrogen-bond acceptors (Lipinski definition) is 2. The summed E-state index contributed by atoms with van der Waals surface area (Å²) in [7, 11) is -3.53. The zero-order chi connectivity index (χ0) is 13.9. The molecular weight excluding hydrogens is 345 g/mol. The van der Waals surface area contributed by atoms with Crippen LogP contribution in [0.2, 0.25) is 5.02 Å². The van der Waals surface area contributed by atoms with Gasteiger partial charge in [0.05, 0.1) is 0 Å². The van der Waals surface area contributed by atoms with Gasteiger partial charge >= 0.3 is 127 Å². The molecule has 0 bridgehead atoms. The van der Waals surface area contributed by atoms with Crippen LogP contribution in [0.5, 0.6) is 0 Å². The van der Waals surface area contributed by atoms with E-state index < -0.39 is 10.0 Å². The van der Waals surface area contributed by atoms with E-state index in [-0.39, 0.29) is 11.4 Å². The van der Waals surface area contributed by atoms with Crippen molar-refractivity contribution in [2.24, 2.45) is 0 Å². The third-order valence-electron chi connectivity index (χ3n) is 2.51. The molecule has 0 amide bonds. The minimum atomic E-state index is -3.53. The topological polar surface area (TPSA) is 46.2 Å². The molecule has 2 aromatic carbocycles. The van der Waals surface area contributed by atoms with Gasteiger partial charge in [-0.05, 0) is 0 Å². The van der Waals surface area contributed by atoms with Gasteiger partial charge in [0.2, 0.25) is 0 Å². The van der Waals surface area contributed by atoms with Gasteiger partial charge in [-0.2, -0.15) is 0 Å². The van der Waals surface area contributed by atoms with Gasteiger partial charge in [-0.25, -0.2) is 0 Å². The molecule has 0 spiro atoms. The van der Waals surface area contributed by atoms with E-state index >= 15 is 0 Å². The van der Waals surface area contributed by atoms with E-state index in [1.807, 2.05) is 6.07 Å². The summed E-state index contributed by atoms with van der Waals surface area (Å²) < 4.78 is 27.6. The van der Waals surface area contributed by atoms with Crippen molar-refractivity contribution in [3.63, 3.8) is 0 Å². The van der Waals surface area contributed by atoms with Crippen LogP contribution in [0, 0.1) is 6.07 Å². The van der Waals surface area contributed by atoms with E-state index in [4.69, 9.17) is 11.6 Å². The third-order valence-corrected chi connectivity index (χ3v) is 4.95. The van der Waals surface area contributed by atoms with Crippen LogP contribution < -0.4 is 9.07 Å². The maximum atomic E-state index is 12.1. The number of hydrogen-bond donors (Lipinski definition) is 1. The minimum absolute atomic E-state index is 0.168. The SMILES string of the molecule is O=S(=O)(NCc1ccccc1Cl)c1c[c]cc([AsH2])c1. The van der Waals surface area contributed by atoms with E-state index in [1.54, 1.807) is 30.3 Å². The monoisotopic (exact) mass is 356 g/mol. The fourth-order valence-electron chi connectivity index (χ4n) is 1.52. The van der Waals surface area contributed by atoms with Crippen LogP contribution in [0.4, 0.5) is 0 Å². The van der Waals surface area contributed by atoms with Gasteiger partial charge in [0.25, 0.3) is 0 Å². The first-order chi connectivity index (χ1) is 8.99. The van der Waals surface area contributed by atoms with E-state index in [9.17, 15) is 8.42 Å². The first-order valence-corrected chi connectivity index (χ1v) is 8.56. The predicted octanol–water partition coefficient (Wildman–Crippen LogP) is 0.877. The van der Waals surface area contributed by atoms with E-state index in [0.29, 0.717) is 5.02 Å². The first kappa shape index (κ1) is 14.6. The van der Waals surface area contributed by atoms with Gasteiger partial charge in [-0.15, -0.1) is 0 Å². The average Bonchev–Trinajstić information content (AvgIpc) is 2.38. The van der Waals surface area contributed by atoms with Crippen molar-refractivity contribution in [1.82, 2.24) is 4.72 Å². The molecule has 2 aromatic rings. The molecule has 0 aliphatic carbocycles. The summed E-state index contributed by atoms with van der Waals surface area (Å²) in [5, 5.41) is 0.546. The molecule has 0 heterocycles. The van der Waals surface area contributed by atoms with Crippen LogP contribution in [0.25, 0.3) is 0 Å². The van der Waals surface area contributed by atoms with Gasteiger partial charge in [0, 0.05) is 0 Å². The van der Waals surface area contributed by atoms with Gasteiger partial charge in [-0.3, -0.25) is 0 Å². The number of halogens is 1. The van der Waals surface area contributed by atoms with Crippen molar-refractivity contribution in [2.75, 3.05) is 0 Å². The van der Waals surface area contributed by atoms with Gasteiger partial charge in [0.15, 0.2) is 0 Å². The maximum absolute atomic E-state index is 12.1. The van der Waals surface area contributed by atoms with Crippen molar-refractivity contribution >= 4 is 42.8 Å². The number of benzene rings is 2. The van der Waals surface area contributed by atoms with Crippen molar-refractivity contribution in [1.29, 1.82) is 0 Å². The summed E-state index contributed by atoms with van der Waals surface area (Å²) in [6, 6.07) is 14.8. The second-order valence-corrected chi connectivity index (χ2v) is 7.49. The summed E-state index contributed by atoms with van der Waals surface area (Å²) >= 11 is 7.34. The normalized spacial score (nSPS) is 11.5. The van der Waals surface area contributed by atoms with Crippen LogP contribution in [0.3, 0.4) is 0 Å². The molecule has 1 atom stereocenters. The van der Waals surface area contributed by atoms with E-state index in [2.05, 4.69) is 10.8 Å². The van der Waals surface area contributed by atoms with Crippen molar-refractivity contribution in [2.45, 2.75) is 11.4 Å². The Morgan fingerprint density at radius 1 is 1.26 bits per heavy atom. The molecule has 2 rings (SSSR count). The summed E-state index contributed by atoms with van der Waals surface area (Å²) in [6.45, 7) is 0.168. The molecule has 0 saturated carbocycles. The number of rotatable bonds is 4.